The highest BCUT2D eigenvalue weighted by Gasteiger charge is 2.37. The highest BCUT2D eigenvalue weighted by atomic mass is 32.2. The van der Waals surface area contributed by atoms with Crippen LogP contribution in [0, 0.1) is 0 Å². The number of ether oxygens (including phenoxy) is 2. The van der Waals surface area contributed by atoms with Gasteiger partial charge in [-0.1, -0.05) is 42.5 Å². The molecule has 1 aliphatic heterocycles. The Bertz CT molecular complexity index is 1300. The van der Waals surface area contributed by atoms with E-state index in [0.29, 0.717) is 16.8 Å². The molecule has 8 nitrogen and oxygen atoms in total. The molecule has 3 aromatic carbocycles. The van der Waals surface area contributed by atoms with Crippen LogP contribution in [0.4, 0.5) is 5.69 Å². The number of hydrogen-bond donors (Lipinski definition) is 0. The molecule has 0 saturated heterocycles. The monoisotopic (exact) mass is 454 g/mol. The van der Waals surface area contributed by atoms with Gasteiger partial charge >= 0.3 is 5.97 Å². The third-order valence-electron chi connectivity index (χ3n) is 5.34. The molecule has 32 heavy (non-hydrogen) atoms. The third kappa shape index (κ3) is 3.87. The van der Waals surface area contributed by atoms with Gasteiger partial charge in [0.1, 0.15) is 12.3 Å². The smallest absolute Gasteiger partial charge is 0.327 e. The molecule has 0 bridgehead atoms. The van der Waals surface area contributed by atoms with Gasteiger partial charge < -0.3 is 14.4 Å². The summed E-state index contributed by atoms with van der Waals surface area (Å²) in [6.07, 6.45) is 0. The fourth-order valence-electron chi connectivity index (χ4n) is 3.72. The summed E-state index contributed by atoms with van der Waals surface area (Å²) in [6.45, 7) is -0.729. The second kappa shape index (κ2) is 8.51. The number of amides is 1. The van der Waals surface area contributed by atoms with E-state index < -0.39 is 35.1 Å². The first-order valence-electron chi connectivity index (χ1n) is 9.89. The largest absolute Gasteiger partial charge is 0.496 e. The van der Waals surface area contributed by atoms with Gasteiger partial charge in [0.2, 0.25) is 0 Å². The minimum Gasteiger partial charge on any atom is -0.496 e. The molecule has 1 aliphatic rings. The van der Waals surface area contributed by atoms with E-state index in [4.69, 9.17) is 9.47 Å². The number of anilines is 1. The van der Waals surface area contributed by atoms with E-state index in [9.17, 15) is 18.0 Å². The summed E-state index contributed by atoms with van der Waals surface area (Å²) >= 11 is 0. The molecule has 0 unspecified atom stereocenters. The van der Waals surface area contributed by atoms with Crippen LogP contribution in [0.15, 0.2) is 65.6 Å². The lowest BCUT2D eigenvalue weighted by atomic mass is 10.1. The number of sulfonamides is 1. The molecule has 0 fully saturated rings. The number of methoxy groups -OCH3 is 1. The standard InChI is InChI=1S/C23H22N2O6S/c1-24(13-17-7-3-4-11-19(17)30-2)21(26)15-31-22(27)14-25-18-10-5-8-16-9-6-12-20(23(16)18)32(25,28)29/h3-12H,13-15H2,1-2H3. The van der Waals surface area contributed by atoms with Crippen LogP contribution >= 0.6 is 0 Å². The number of benzene rings is 3. The summed E-state index contributed by atoms with van der Waals surface area (Å²) in [7, 11) is -0.736. The number of hydrogen-bond acceptors (Lipinski definition) is 6. The fraction of sp³-hybridized carbons (Fsp3) is 0.217. The summed E-state index contributed by atoms with van der Waals surface area (Å²) in [5, 5.41) is 1.35. The van der Waals surface area contributed by atoms with Crippen molar-refractivity contribution >= 4 is 38.4 Å². The van der Waals surface area contributed by atoms with Crippen LogP contribution in [0.3, 0.4) is 0 Å². The van der Waals surface area contributed by atoms with Crippen molar-refractivity contribution < 1.29 is 27.5 Å². The van der Waals surface area contributed by atoms with Crippen molar-refractivity contribution in [1.29, 1.82) is 0 Å². The van der Waals surface area contributed by atoms with E-state index in [1.54, 1.807) is 38.4 Å². The number of para-hydroxylation sites is 1. The molecule has 0 aliphatic carbocycles. The predicted octanol–water partition coefficient (Wildman–Crippen LogP) is 2.56. The van der Waals surface area contributed by atoms with Crippen molar-refractivity contribution in [2.24, 2.45) is 0 Å². The summed E-state index contributed by atoms with van der Waals surface area (Å²) in [6, 6.07) is 17.5. The molecular weight excluding hydrogens is 432 g/mol. The lowest BCUT2D eigenvalue weighted by Gasteiger charge is -2.20. The highest BCUT2D eigenvalue weighted by Crippen LogP contribution is 2.41. The van der Waals surface area contributed by atoms with Gasteiger partial charge in [0.05, 0.1) is 17.7 Å². The van der Waals surface area contributed by atoms with E-state index in [2.05, 4.69) is 0 Å². The Balaban J connectivity index is 1.40. The Morgan fingerprint density at radius 2 is 1.72 bits per heavy atom. The highest BCUT2D eigenvalue weighted by molar-refractivity contribution is 7.93. The maximum absolute atomic E-state index is 12.9. The molecule has 9 heteroatoms. The summed E-state index contributed by atoms with van der Waals surface area (Å²) in [5.74, 6) is -0.575. The Morgan fingerprint density at radius 3 is 2.47 bits per heavy atom. The minimum absolute atomic E-state index is 0.158. The number of likely N-dealkylation sites (N-methyl/N-ethyl adjacent to an activating group) is 1. The summed E-state index contributed by atoms with van der Waals surface area (Å²) in [4.78, 5) is 26.4. The third-order valence-corrected chi connectivity index (χ3v) is 7.14. The summed E-state index contributed by atoms with van der Waals surface area (Å²) in [5.41, 5.74) is 1.24. The second-order valence-electron chi connectivity index (χ2n) is 7.37. The Labute approximate surface area is 186 Å². The average Bonchev–Trinajstić information content (AvgIpc) is 3.01. The zero-order chi connectivity index (χ0) is 22.9. The van der Waals surface area contributed by atoms with Crippen molar-refractivity contribution in [3.05, 3.63) is 66.2 Å². The van der Waals surface area contributed by atoms with Crippen LogP contribution in [0.5, 0.6) is 5.75 Å². The SMILES string of the molecule is COc1ccccc1CN(C)C(=O)COC(=O)CN1c2cccc3cccc(c23)S1(=O)=O. The van der Waals surface area contributed by atoms with Gasteiger partial charge in [0.15, 0.2) is 6.61 Å². The van der Waals surface area contributed by atoms with Gasteiger partial charge in [-0.15, -0.1) is 0 Å². The van der Waals surface area contributed by atoms with E-state index in [-0.39, 0.29) is 11.4 Å². The molecule has 0 atom stereocenters. The minimum atomic E-state index is -3.87. The first kappa shape index (κ1) is 21.6. The van der Waals surface area contributed by atoms with Crippen molar-refractivity contribution in [2.45, 2.75) is 11.4 Å². The van der Waals surface area contributed by atoms with Crippen molar-refractivity contribution in [3.8, 4) is 5.75 Å². The Kier molecular flexibility index (Phi) is 5.75. The number of rotatable bonds is 7. The molecule has 166 valence electrons. The van der Waals surface area contributed by atoms with E-state index in [0.717, 1.165) is 15.3 Å². The van der Waals surface area contributed by atoms with Gasteiger partial charge in [0.25, 0.3) is 15.9 Å². The molecule has 3 aromatic rings. The van der Waals surface area contributed by atoms with Gasteiger partial charge in [0, 0.05) is 24.5 Å². The molecule has 0 spiro atoms. The first-order valence-corrected chi connectivity index (χ1v) is 11.3. The maximum Gasteiger partial charge on any atom is 0.327 e. The van der Waals surface area contributed by atoms with Crippen LogP contribution in [-0.2, 0) is 30.9 Å². The quantitative estimate of drug-likeness (QED) is 0.510. The zero-order valence-corrected chi connectivity index (χ0v) is 18.5. The lowest BCUT2D eigenvalue weighted by molar-refractivity contribution is -0.150. The topological polar surface area (TPSA) is 93.2 Å². The van der Waals surface area contributed by atoms with E-state index >= 15 is 0 Å². The average molecular weight is 455 g/mol. The van der Waals surface area contributed by atoms with Crippen LogP contribution in [0.1, 0.15) is 5.56 Å². The van der Waals surface area contributed by atoms with E-state index in [1.807, 2.05) is 30.3 Å². The van der Waals surface area contributed by atoms with Gasteiger partial charge in [-0.05, 0) is 23.6 Å². The van der Waals surface area contributed by atoms with Crippen molar-refractivity contribution in [1.82, 2.24) is 4.90 Å². The lowest BCUT2D eigenvalue weighted by Crippen LogP contribution is -2.36. The molecule has 0 saturated carbocycles. The Morgan fingerprint density at radius 1 is 1.00 bits per heavy atom. The zero-order valence-electron chi connectivity index (χ0n) is 17.6. The molecular formula is C23H22N2O6S. The van der Waals surface area contributed by atoms with Gasteiger partial charge in [-0.2, -0.15) is 0 Å². The molecule has 0 aromatic heterocycles. The normalized spacial score (nSPS) is 13.8. The molecule has 0 radical (unpaired) electrons. The second-order valence-corrected chi connectivity index (χ2v) is 9.20. The van der Waals surface area contributed by atoms with Gasteiger partial charge in [-0.3, -0.25) is 13.9 Å². The van der Waals surface area contributed by atoms with Crippen molar-refractivity contribution in [3.63, 3.8) is 0 Å². The number of nitrogens with zero attached hydrogens (tertiary/aromatic N) is 2. The molecule has 4 rings (SSSR count). The molecule has 0 N–H and O–H groups in total. The first-order chi connectivity index (χ1) is 15.3. The maximum atomic E-state index is 12.9. The predicted molar refractivity (Wildman–Crippen MR) is 119 cm³/mol. The van der Waals surface area contributed by atoms with Crippen molar-refractivity contribution in [2.75, 3.05) is 31.6 Å². The van der Waals surface area contributed by atoms with Crippen LogP contribution in [-0.4, -0.2) is 52.5 Å². The number of carbonyl (C=O) groups excluding carboxylic acids is 2. The molecule has 1 amide bonds. The van der Waals surface area contributed by atoms with Crippen LogP contribution < -0.4 is 9.04 Å². The molecule has 1 heterocycles. The number of esters is 1. The van der Waals surface area contributed by atoms with Crippen LogP contribution in [0.25, 0.3) is 10.8 Å². The Hall–Kier alpha value is -3.59. The van der Waals surface area contributed by atoms with E-state index in [1.165, 1.54) is 11.0 Å². The fourth-order valence-corrected chi connectivity index (χ4v) is 5.38. The van der Waals surface area contributed by atoms with Gasteiger partial charge in [-0.25, -0.2) is 8.42 Å². The summed E-state index contributed by atoms with van der Waals surface area (Å²) < 4.78 is 37.3. The number of carbonyl (C=O) groups is 2. The van der Waals surface area contributed by atoms with Crippen LogP contribution in [0.2, 0.25) is 0 Å².